The van der Waals surface area contributed by atoms with Gasteiger partial charge in [-0.2, -0.15) is 13.2 Å². The van der Waals surface area contributed by atoms with Gasteiger partial charge >= 0.3 is 6.18 Å². The van der Waals surface area contributed by atoms with Crippen molar-refractivity contribution in [1.29, 1.82) is 0 Å². The summed E-state index contributed by atoms with van der Waals surface area (Å²) < 4.78 is 43.2. The lowest BCUT2D eigenvalue weighted by atomic mass is 10.0. The maximum Gasteiger partial charge on any atom is 0.416 e. The molecule has 0 atom stereocenters. The summed E-state index contributed by atoms with van der Waals surface area (Å²) in [7, 11) is 0. The zero-order chi connectivity index (χ0) is 30.8. The van der Waals surface area contributed by atoms with Crippen molar-refractivity contribution in [3.63, 3.8) is 0 Å². The molecule has 2 aromatic carbocycles. The molecule has 2 fully saturated rings. The fraction of sp³-hybridized carbons (Fsp3) is 0.364. The van der Waals surface area contributed by atoms with E-state index in [0.29, 0.717) is 17.2 Å². The second-order valence-electron chi connectivity index (χ2n) is 11.3. The summed E-state index contributed by atoms with van der Waals surface area (Å²) in [5, 5.41) is 8.03. The highest BCUT2D eigenvalue weighted by molar-refractivity contribution is 7.18. The summed E-state index contributed by atoms with van der Waals surface area (Å²) in [6.45, 7) is 8.25. The molecule has 1 aliphatic heterocycles. The molecule has 4 aromatic rings. The molecule has 1 saturated carbocycles. The normalized spacial score (nSPS) is 16.0. The van der Waals surface area contributed by atoms with Crippen LogP contribution in [0, 0.1) is 18.8 Å². The summed E-state index contributed by atoms with van der Waals surface area (Å²) in [5.41, 5.74) is 2.95. The summed E-state index contributed by atoms with van der Waals surface area (Å²) in [5.74, 6) is 6.66. The minimum atomic E-state index is -4.54. The van der Waals surface area contributed by atoms with Crippen LogP contribution in [-0.4, -0.2) is 64.4 Å². The number of rotatable bonds is 7. The van der Waals surface area contributed by atoms with Gasteiger partial charge in [-0.15, -0.1) is 11.3 Å². The van der Waals surface area contributed by atoms with Gasteiger partial charge in [0.25, 0.3) is 5.91 Å². The van der Waals surface area contributed by atoms with Crippen molar-refractivity contribution >= 4 is 39.0 Å². The molecule has 0 spiro atoms. The van der Waals surface area contributed by atoms with Gasteiger partial charge in [0.05, 0.1) is 15.8 Å². The van der Waals surface area contributed by atoms with Crippen LogP contribution in [-0.2, 0) is 12.7 Å². The monoisotopic (exact) mass is 618 g/mol. The number of fused-ring (bicyclic) bond motifs is 1. The lowest BCUT2D eigenvalue weighted by molar-refractivity contribution is -0.138. The van der Waals surface area contributed by atoms with Gasteiger partial charge in [0, 0.05) is 61.0 Å². The minimum absolute atomic E-state index is 0.0927. The number of hydrogen-bond donors (Lipinski definition) is 2. The topological polar surface area (TPSA) is 73.4 Å². The van der Waals surface area contributed by atoms with Crippen LogP contribution >= 0.6 is 11.3 Å². The maximum atomic E-state index is 14.1. The lowest BCUT2D eigenvalue weighted by Crippen LogP contribution is -2.45. The van der Waals surface area contributed by atoms with Crippen molar-refractivity contribution in [3.05, 3.63) is 81.5 Å². The first kappa shape index (κ1) is 30.1. The number of nitrogens with one attached hydrogen (secondary N) is 2. The SMILES string of the molecule is CCN1CCN(Cc2ccc(NC(=O)c3ccc(C)c(C#Cc4csc5c(NC6CC6)ncnc45)c3)cc2C(F)(F)F)CC1. The third kappa shape index (κ3) is 6.88. The first-order chi connectivity index (χ1) is 21.2. The van der Waals surface area contributed by atoms with Crippen LogP contribution in [0.5, 0.6) is 0 Å². The number of thiophene rings is 1. The molecule has 2 aliphatic rings. The standard InChI is InChI=1S/C33H33F3N6OS/c1-3-41-12-14-42(15-13-41)18-24-8-9-27(17-28(24)33(34,35)36)40-32(43)23-5-4-21(2)22(16-23)6-7-25-19-44-30-29(25)37-20-38-31(30)39-26-10-11-26/h4-5,8-9,16-17,19-20,26H,3,10-15,18H2,1-2H3,(H,40,43)(H,37,38,39). The Balaban J connectivity index is 1.19. The van der Waals surface area contributed by atoms with E-state index in [2.05, 4.69) is 44.3 Å². The molecular formula is C33H33F3N6OS. The maximum absolute atomic E-state index is 14.1. The Bertz CT molecular complexity index is 1750. The van der Waals surface area contributed by atoms with Gasteiger partial charge in [-0.3, -0.25) is 9.69 Å². The van der Waals surface area contributed by atoms with Crippen LogP contribution in [0.1, 0.15) is 57.9 Å². The highest BCUT2D eigenvalue weighted by Crippen LogP contribution is 2.35. The van der Waals surface area contributed by atoms with Crippen LogP contribution < -0.4 is 10.6 Å². The Kier molecular flexibility index (Phi) is 8.58. The Morgan fingerprint density at radius 3 is 2.50 bits per heavy atom. The number of likely N-dealkylation sites (N-methyl/N-ethyl adjacent to an activating group) is 1. The summed E-state index contributed by atoms with van der Waals surface area (Å²) in [4.78, 5) is 26.3. The van der Waals surface area contributed by atoms with Crippen molar-refractivity contribution in [2.45, 2.75) is 45.5 Å². The molecule has 0 bridgehead atoms. The summed E-state index contributed by atoms with van der Waals surface area (Å²) >= 11 is 1.53. The Morgan fingerprint density at radius 1 is 1.02 bits per heavy atom. The third-order valence-electron chi connectivity index (χ3n) is 8.08. The molecule has 11 heteroatoms. The van der Waals surface area contributed by atoms with E-state index in [0.717, 1.165) is 78.8 Å². The molecule has 44 heavy (non-hydrogen) atoms. The molecule has 6 rings (SSSR count). The number of hydrogen-bond acceptors (Lipinski definition) is 7. The van der Waals surface area contributed by atoms with E-state index in [-0.39, 0.29) is 17.8 Å². The number of alkyl halides is 3. The van der Waals surface area contributed by atoms with Crippen molar-refractivity contribution in [2.24, 2.45) is 0 Å². The number of aryl methyl sites for hydroxylation is 1. The quantitative estimate of drug-likeness (QED) is 0.234. The minimum Gasteiger partial charge on any atom is -0.366 e. The molecule has 0 unspecified atom stereocenters. The molecule has 1 saturated heterocycles. The number of halogens is 3. The molecule has 1 amide bonds. The smallest absolute Gasteiger partial charge is 0.366 e. The van der Waals surface area contributed by atoms with Crippen molar-refractivity contribution in [3.8, 4) is 11.8 Å². The number of carbonyl (C=O) groups is 1. The van der Waals surface area contributed by atoms with Crippen molar-refractivity contribution in [2.75, 3.05) is 43.4 Å². The zero-order valence-corrected chi connectivity index (χ0v) is 25.4. The largest absolute Gasteiger partial charge is 0.416 e. The predicted octanol–water partition coefficient (Wildman–Crippen LogP) is 6.38. The Labute approximate surface area is 258 Å². The van der Waals surface area contributed by atoms with Crippen LogP contribution in [0.15, 0.2) is 48.1 Å². The lowest BCUT2D eigenvalue weighted by Gasteiger charge is -2.34. The van der Waals surface area contributed by atoms with E-state index in [1.807, 2.05) is 17.2 Å². The van der Waals surface area contributed by atoms with Crippen LogP contribution in [0.2, 0.25) is 0 Å². The van der Waals surface area contributed by atoms with Gasteiger partial charge in [0.2, 0.25) is 0 Å². The van der Waals surface area contributed by atoms with Gasteiger partial charge in [0.15, 0.2) is 0 Å². The first-order valence-electron chi connectivity index (χ1n) is 14.8. The number of aromatic nitrogens is 2. The number of benzene rings is 2. The van der Waals surface area contributed by atoms with Gasteiger partial charge in [-0.1, -0.05) is 30.9 Å². The van der Waals surface area contributed by atoms with Gasteiger partial charge in [-0.05, 0) is 61.7 Å². The number of anilines is 2. The van der Waals surface area contributed by atoms with Gasteiger partial charge < -0.3 is 15.5 Å². The highest BCUT2D eigenvalue weighted by atomic mass is 32.1. The zero-order valence-electron chi connectivity index (χ0n) is 24.6. The molecule has 7 nitrogen and oxygen atoms in total. The molecular weight excluding hydrogens is 585 g/mol. The average Bonchev–Trinajstić information content (AvgIpc) is 3.73. The van der Waals surface area contributed by atoms with E-state index >= 15 is 0 Å². The molecule has 228 valence electrons. The summed E-state index contributed by atoms with van der Waals surface area (Å²) in [6.07, 6.45) is -0.734. The second-order valence-corrected chi connectivity index (χ2v) is 12.2. The number of piperazine rings is 1. The van der Waals surface area contributed by atoms with Gasteiger partial charge in [-0.25, -0.2) is 9.97 Å². The Hall–Kier alpha value is -3.98. The van der Waals surface area contributed by atoms with Crippen LogP contribution in [0.4, 0.5) is 24.7 Å². The van der Waals surface area contributed by atoms with E-state index in [9.17, 15) is 18.0 Å². The first-order valence-corrected chi connectivity index (χ1v) is 15.6. The van der Waals surface area contributed by atoms with Crippen molar-refractivity contribution < 1.29 is 18.0 Å². The van der Waals surface area contributed by atoms with Crippen molar-refractivity contribution in [1.82, 2.24) is 19.8 Å². The fourth-order valence-electron chi connectivity index (χ4n) is 5.26. The highest BCUT2D eigenvalue weighted by Gasteiger charge is 2.34. The van der Waals surface area contributed by atoms with Crippen LogP contribution in [0.25, 0.3) is 10.2 Å². The predicted molar refractivity (Wildman–Crippen MR) is 168 cm³/mol. The van der Waals surface area contributed by atoms with Gasteiger partial charge in [0.1, 0.15) is 17.7 Å². The molecule has 2 aromatic heterocycles. The average molecular weight is 619 g/mol. The third-order valence-corrected chi connectivity index (χ3v) is 9.06. The number of carbonyl (C=O) groups excluding carboxylic acids is 1. The Morgan fingerprint density at radius 2 is 1.77 bits per heavy atom. The summed E-state index contributed by atoms with van der Waals surface area (Å²) in [6, 6.07) is 9.59. The number of nitrogens with zero attached hydrogens (tertiary/aromatic N) is 4. The second kappa shape index (κ2) is 12.6. The fourth-order valence-corrected chi connectivity index (χ4v) is 6.16. The molecule has 1 aliphatic carbocycles. The van der Waals surface area contributed by atoms with E-state index < -0.39 is 17.6 Å². The van der Waals surface area contributed by atoms with E-state index in [4.69, 9.17) is 0 Å². The van der Waals surface area contributed by atoms with E-state index in [1.165, 1.54) is 29.8 Å². The molecule has 2 N–H and O–H groups in total. The van der Waals surface area contributed by atoms with E-state index in [1.54, 1.807) is 18.2 Å². The van der Waals surface area contributed by atoms with Crippen LogP contribution in [0.3, 0.4) is 0 Å². The number of amides is 1. The molecule has 3 heterocycles. The molecule has 0 radical (unpaired) electrons.